The van der Waals surface area contributed by atoms with E-state index in [1.54, 1.807) is 0 Å². The highest BCUT2D eigenvalue weighted by atomic mass is 19.3. The average Bonchev–Trinajstić information content (AvgIpc) is 2.34. The summed E-state index contributed by atoms with van der Waals surface area (Å²) in [5, 5.41) is 0. The van der Waals surface area contributed by atoms with Gasteiger partial charge in [-0.3, -0.25) is 0 Å². The van der Waals surface area contributed by atoms with Crippen molar-refractivity contribution in [1.82, 2.24) is 0 Å². The zero-order valence-corrected chi connectivity index (χ0v) is 5.56. The standard InChI is InChI=1S/C6H10F2O2/c7-6(8)2-1-5-3-4-9-10-5/h5-6H,1-4H2. The highest BCUT2D eigenvalue weighted by molar-refractivity contribution is 4.59. The molecule has 10 heavy (non-hydrogen) atoms. The fraction of sp³-hybridized carbons (Fsp3) is 1.00. The minimum absolute atomic E-state index is 0.0893. The zero-order valence-electron chi connectivity index (χ0n) is 5.56. The second-order valence-electron chi connectivity index (χ2n) is 2.30. The maximum Gasteiger partial charge on any atom is 0.238 e. The van der Waals surface area contributed by atoms with Gasteiger partial charge in [-0.2, -0.15) is 0 Å². The van der Waals surface area contributed by atoms with E-state index in [4.69, 9.17) is 0 Å². The van der Waals surface area contributed by atoms with Crippen molar-refractivity contribution in [2.75, 3.05) is 6.61 Å². The van der Waals surface area contributed by atoms with Crippen LogP contribution in [-0.2, 0) is 9.78 Å². The van der Waals surface area contributed by atoms with Crippen LogP contribution in [0.25, 0.3) is 0 Å². The second-order valence-corrected chi connectivity index (χ2v) is 2.30. The molecule has 1 unspecified atom stereocenters. The van der Waals surface area contributed by atoms with E-state index < -0.39 is 6.43 Å². The molecule has 1 atom stereocenters. The first-order chi connectivity index (χ1) is 4.79. The largest absolute Gasteiger partial charge is 0.238 e. The van der Waals surface area contributed by atoms with Gasteiger partial charge in [0.1, 0.15) is 0 Å². The molecule has 60 valence electrons. The molecule has 0 bridgehead atoms. The number of hydrogen-bond acceptors (Lipinski definition) is 2. The summed E-state index contributed by atoms with van der Waals surface area (Å²) < 4.78 is 23.2. The van der Waals surface area contributed by atoms with Gasteiger partial charge in [0.05, 0.1) is 12.7 Å². The fourth-order valence-electron chi connectivity index (χ4n) is 0.876. The maximum atomic E-state index is 11.6. The van der Waals surface area contributed by atoms with Crippen molar-refractivity contribution in [1.29, 1.82) is 0 Å². The Morgan fingerprint density at radius 1 is 1.50 bits per heavy atom. The molecule has 0 saturated carbocycles. The third-order valence-corrected chi connectivity index (χ3v) is 1.43. The SMILES string of the molecule is FC(F)CCC1CCOO1. The van der Waals surface area contributed by atoms with Gasteiger partial charge in [0.15, 0.2) is 0 Å². The summed E-state index contributed by atoms with van der Waals surface area (Å²) >= 11 is 0. The third-order valence-electron chi connectivity index (χ3n) is 1.43. The van der Waals surface area contributed by atoms with Gasteiger partial charge in [-0.05, 0) is 6.42 Å². The first-order valence-electron chi connectivity index (χ1n) is 3.35. The van der Waals surface area contributed by atoms with E-state index in [0.717, 1.165) is 6.42 Å². The van der Waals surface area contributed by atoms with E-state index in [0.29, 0.717) is 13.0 Å². The summed E-state index contributed by atoms with van der Waals surface area (Å²) in [6, 6.07) is 0. The molecule has 0 radical (unpaired) electrons. The molecule has 0 amide bonds. The third kappa shape index (κ3) is 2.58. The van der Waals surface area contributed by atoms with Gasteiger partial charge in [0.2, 0.25) is 6.43 Å². The number of alkyl halides is 2. The summed E-state index contributed by atoms with van der Waals surface area (Å²) in [5.74, 6) is 0. The monoisotopic (exact) mass is 152 g/mol. The molecule has 0 N–H and O–H groups in total. The molecule has 1 fully saturated rings. The maximum absolute atomic E-state index is 11.6. The van der Waals surface area contributed by atoms with Gasteiger partial charge >= 0.3 is 0 Å². The van der Waals surface area contributed by atoms with Crippen LogP contribution in [0.5, 0.6) is 0 Å². The lowest BCUT2D eigenvalue weighted by Crippen LogP contribution is -2.06. The van der Waals surface area contributed by atoms with Crippen LogP contribution in [0.4, 0.5) is 8.78 Å². The van der Waals surface area contributed by atoms with Crippen LogP contribution in [0.1, 0.15) is 19.3 Å². The second kappa shape index (κ2) is 3.83. The minimum Gasteiger partial charge on any atom is -0.236 e. The molecule has 1 aliphatic heterocycles. The van der Waals surface area contributed by atoms with E-state index in [9.17, 15) is 8.78 Å². The molecule has 1 heterocycles. The molecule has 0 aromatic heterocycles. The number of halogens is 2. The quantitative estimate of drug-likeness (QED) is 0.573. The van der Waals surface area contributed by atoms with Crippen LogP contribution in [-0.4, -0.2) is 19.1 Å². The van der Waals surface area contributed by atoms with Crippen molar-refractivity contribution < 1.29 is 18.6 Å². The highest BCUT2D eigenvalue weighted by Crippen LogP contribution is 2.16. The molecular formula is C6H10F2O2. The van der Waals surface area contributed by atoms with Gasteiger partial charge < -0.3 is 0 Å². The summed E-state index contributed by atoms with van der Waals surface area (Å²) in [6.45, 7) is 0.536. The fourth-order valence-corrected chi connectivity index (χ4v) is 0.876. The first kappa shape index (κ1) is 7.88. The Balaban J connectivity index is 2.01. The molecular weight excluding hydrogens is 142 g/mol. The molecule has 1 aliphatic rings. The lowest BCUT2D eigenvalue weighted by molar-refractivity contribution is -0.275. The number of hydrogen-bond donors (Lipinski definition) is 0. The summed E-state index contributed by atoms with van der Waals surface area (Å²) in [7, 11) is 0. The number of rotatable bonds is 3. The van der Waals surface area contributed by atoms with Gasteiger partial charge in [-0.15, -0.1) is 0 Å². The molecule has 0 aromatic rings. The van der Waals surface area contributed by atoms with Crippen molar-refractivity contribution in [2.45, 2.75) is 31.8 Å². The van der Waals surface area contributed by atoms with Gasteiger partial charge in [0, 0.05) is 12.8 Å². The Morgan fingerprint density at radius 2 is 2.30 bits per heavy atom. The van der Waals surface area contributed by atoms with Crippen LogP contribution in [0, 0.1) is 0 Å². The molecule has 0 aliphatic carbocycles. The van der Waals surface area contributed by atoms with Crippen LogP contribution >= 0.6 is 0 Å². The van der Waals surface area contributed by atoms with E-state index in [-0.39, 0.29) is 12.5 Å². The summed E-state index contributed by atoms with van der Waals surface area (Å²) in [4.78, 5) is 9.21. The molecule has 2 nitrogen and oxygen atoms in total. The predicted molar refractivity (Wildman–Crippen MR) is 30.7 cm³/mol. The van der Waals surface area contributed by atoms with Crippen molar-refractivity contribution in [2.24, 2.45) is 0 Å². The predicted octanol–water partition coefficient (Wildman–Crippen LogP) is 1.75. The Kier molecular flexibility index (Phi) is 3.02. The van der Waals surface area contributed by atoms with Crippen LogP contribution < -0.4 is 0 Å². The summed E-state index contributed by atoms with van der Waals surface area (Å²) in [6.07, 6.45) is -1.27. The Labute approximate surface area is 58.0 Å². The highest BCUT2D eigenvalue weighted by Gasteiger charge is 2.18. The molecule has 1 rings (SSSR count). The van der Waals surface area contributed by atoms with Gasteiger partial charge in [-0.1, -0.05) is 0 Å². The normalized spacial score (nSPS) is 26.1. The molecule has 4 heteroatoms. The topological polar surface area (TPSA) is 18.5 Å². The molecule has 0 aromatic carbocycles. The minimum atomic E-state index is -2.22. The Morgan fingerprint density at radius 3 is 2.80 bits per heavy atom. The first-order valence-corrected chi connectivity index (χ1v) is 3.35. The van der Waals surface area contributed by atoms with Gasteiger partial charge in [-0.25, -0.2) is 18.6 Å². The zero-order chi connectivity index (χ0) is 7.40. The van der Waals surface area contributed by atoms with Crippen LogP contribution in [0.15, 0.2) is 0 Å². The van der Waals surface area contributed by atoms with Gasteiger partial charge in [0.25, 0.3) is 0 Å². The van der Waals surface area contributed by atoms with E-state index in [1.807, 2.05) is 0 Å². The van der Waals surface area contributed by atoms with E-state index in [1.165, 1.54) is 0 Å². The van der Waals surface area contributed by atoms with Crippen molar-refractivity contribution in [3.05, 3.63) is 0 Å². The lowest BCUT2D eigenvalue weighted by Gasteiger charge is -2.04. The molecule has 0 spiro atoms. The molecule has 1 saturated heterocycles. The summed E-state index contributed by atoms with van der Waals surface area (Å²) in [5.41, 5.74) is 0. The Bertz CT molecular complexity index is 91.7. The lowest BCUT2D eigenvalue weighted by atomic mass is 10.1. The van der Waals surface area contributed by atoms with E-state index in [2.05, 4.69) is 9.78 Å². The average molecular weight is 152 g/mol. The smallest absolute Gasteiger partial charge is 0.236 e. The Hall–Kier alpha value is -0.220. The van der Waals surface area contributed by atoms with E-state index >= 15 is 0 Å². The van der Waals surface area contributed by atoms with Crippen molar-refractivity contribution >= 4 is 0 Å². The van der Waals surface area contributed by atoms with Crippen LogP contribution in [0.3, 0.4) is 0 Å². The van der Waals surface area contributed by atoms with Crippen molar-refractivity contribution in [3.63, 3.8) is 0 Å². The van der Waals surface area contributed by atoms with Crippen LogP contribution in [0.2, 0.25) is 0 Å². The van der Waals surface area contributed by atoms with Crippen molar-refractivity contribution in [3.8, 4) is 0 Å².